The maximum atomic E-state index is 13.4. The molecule has 0 unspecified atom stereocenters. The number of aliphatic hydroxyl groups is 1. The molecule has 1 amide bonds. The SMILES string of the molecule is CCCCCCC1=NN(C(=O)c2cccc(C)c2)[C@](O)(C(F)(F)F)C1. The van der Waals surface area contributed by atoms with Gasteiger partial charge < -0.3 is 5.11 Å². The fourth-order valence-electron chi connectivity index (χ4n) is 2.85. The Labute approximate surface area is 145 Å². The molecule has 0 saturated heterocycles. The number of alkyl halides is 3. The number of hydrazone groups is 1. The molecule has 0 aliphatic carbocycles. The molecule has 0 spiro atoms. The van der Waals surface area contributed by atoms with Crippen LogP contribution in [0.2, 0.25) is 0 Å². The molecule has 25 heavy (non-hydrogen) atoms. The normalized spacial score (nSPS) is 20.7. The molecule has 0 bridgehead atoms. The van der Waals surface area contributed by atoms with E-state index in [1.165, 1.54) is 12.1 Å². The summed E-state index contributed by atoms with van der Waals surface area (Å²) in [7, 11) is 0. The highest BCUT2D eigenvalue weighted by Crippen LogP contribution is 2.41. The molecule has 1 N–H and O–H groups in total. The van der Waals surface area contributed by atoms with Crippen molar-refractivity contribution in [1.29, 1.82) is 0 Å². The summed E-state index contributed by atoms with van der Waals surface area (Å²) in [5.41, 5.74) is -2.27. The van der Waals surface area contributed by atoms with E-state index in [0.29, 0.717) is 12.8 Å². The van der Waals surface area contributed by atoms with Gasteiger partial charge in [-0.25, -0.2) is 0 Å². The van der Waals surface area contributed by atoms with Crippen LogP contribution in [0.1, 0.15) is 61.4 Å². The van der Waals surface area contributed by atoms with E-state index < -0.39 is 24.2 Å². The molecule has 1 heterocycles. The van der Waals surface area contributed by atoms with Gasteiger partial charge in [-0.2, -0.15) is 23.3 Å². The van der Waals surface area contributed by atoms with Crippen molar-refractivity contribution in [2.75, 3.05) is 0 Å². The second kappa shape index (κ2) is 7.56. The summed E-state index contributed by atoms with van der Waals surface area (Å²) < 4.78 is 40.3. The summed E-state index contributed by atoms with van der Waals surface area (Å²) >= 11 is 0. The van der Waals surface area contributed by atoms with Crippen molar-refractivity contribution >= 4 is 11.6 Å². The molecule has 1 aromatic carbocycles. The monoisotopic (exact) mass is 356 g/mol. The molecule has 1 aromatic rings. The summed E-state index contributed by atoms with van der Waals surface area (Å²) in [6.45, 7) is 3.77. The highest BCUT2D eigenvalue weighted by atomic mass is 19.4. The molecule has 138 valence electrons. The summed E-state index contributed by atoms with van der Waals surface area (Å²) in [4.78, 5) is 12.5. The minimum Gasteiger partial charge on any atom is -0.362 e. The van der Waals surface area contributed by atoms with Crippen molar-refractivity contribution in [2.24, 2.45) is 5.10 Å². The van der Waals surface area contributed by atoms with Crippen LogP contribution in [0.3, 0.4) is 0 Å². The van der Waals surface area contributed by atoms with Gasteiger partial charge in [0.2, 0.25) is 0 Å². The predicted octanol–water partition coefficient (Wildman–Crippen LogP) is 4.42. The number of halogens is 3. The number of amides is 1. The van der Waals surface area contributed by atoms with Crippen LogP contribution in [0.15, 0.2) is 29.4 Å². The summed E-state index contributed by atoms with van der Waals surface area (Å²) in [5.74, 6) is -0.952. The molecule has 0 aromatic heterocycles. The number of benzene rings is 1. The first-order valence-corrected chi connectivity index (χ1v) is 8.45. The van der Waals surface area contributed by atoms with E-state index >= 15 is 0 Å². The van der Waals surface area contributed by atoms with Crippen LogP contribution in [0.25, 0.3) is 0 Å². The Balaban J connectivity index is 2.26. The number of hydrogen-bond donors (Lipinski definition) is 1. The minimum atomic E-state index is -4.98. The Morgan fingerprint density at radius 1 is 1.32 bits per heavy atom. The van der Waals surface area contributed by atoms with Crippen LogP contribution >= 0.6 is 0 Å². The van der Waals surface area contributed by atoms with Crippen molar-refractivity contribution < 1.29 is 23.1 Å². The molecule has 2 rings (SSSR count). The fraction of sp³-hybridized carbons (Fsp3) is 0.556. The number of carbonyl (C=O) groups is 1. The molecule has 4 nitrogen and oxygen atoms in total. The van der Waals surface area contributed by atoms with Gasteiger partial charge in [0.25, 0.3) is 11.6 Å². The molecular formula is C18H23F3N2O2. The summed E-state index contributed by atoms with van der Waals surface area (Å²) in [6.07, 6.45) is -1.77. The van der Waals surface area contributed by atoms with Gasteiger partial charge in [-0.15, -0.1) is 0 Å². The molecule has 7 heteroatoms. The third-order valence-electron chi connectivity index (χ3n) is 4.27. The number of unbranched alkanes of at least 4 members (excludes halogenated alkanes) is 3. The summed E-state index contributed by atoms with van der Waals surface area (Å²) in [6, 6.07) is 6.22. The maximum absolute atomic E-state index is 13.4. The van der Waals surface area contributed by atoms with E-state index in [-0.39, 0.29) is 16.3 Å². The van der Waals surface area contributed by atoms with Crippen molar-refractivity contribution in [1.82, 2.24) is 5.01 Å². The summed E-state index contributed by atoms with van der Waals surface area (Å²) in [5, 5.41) is 14.3. The van der Waals surface area contributed by atoms with Gasteiger partial charge in [-0.3, -0.25) is 4.79 Å². The van der Waals surface area contributed by atoms with Gasteiger partial charge in [0.05, 0.1) is 0 Å². The fourth-order valence-corrected chi connectivity index (χ4v) is 2.85. The largest absolute Gasteiger partial charge is 0.438 e. The van der Waals surface area contributed by atoms with E-state index in [1.807, 2.05) is 6.92 Å². The number of hydrogen-bond acceptors (Lipinski definition) is 3. The van der Waals surface area contributed by atoms with Crippen LogP contribution in [0, 0.1) is 6.92 Å². The van der Waals surface area contributed by atoms with Crippen LogP contribution in [-0.2, 0) is 0 Å². The Kier molecular flexibility index (Phi) is 5.87. The number of rotatable bonds is 6. The van der Waals surface area contributed by atoms with Crippen molar-refractivity contribution in [2.45, 2.75) is 64.3 Å². The zero-order valence-corrected chi connectivity index (χ0v) is 14.4. The van der Waals surface area contributed by atoms with Crippen molar-refractivity contribution in [3.05, 3.63) is 35.4 Å². The average molecular weight is 356 g/mol. The van der Waals surface area contributed by atoms with Gasteiger partial charge >= 0.3 is 6.18 Å². The Hall–Kier alpha value is -1.89. The molecular weight excluding hydrogens is 333 g/mol. The van der Waals surface area contributed by atoms with Crippen LogP contribution in [0.5, 0.6) is 0 Å². The van der Waals surface area contributed by atoms with Gasteiger partial charge in [0.15, 0.2) is 0 Å². The topological polar surface area (TPSA) is 52.9 Å². The lowest BCUT2D eigenvalue weighted by molar-refractivity contribution is -0.297. The third kappa shape index (κ3) is 4.21. The van der Waals surface area contributed by atoms with Crippen LogP contribution < -0.4 is 0 Å². The Bertz CT molecular complexity index is 658. The first-order chi connectivity index (χ1) is 11.7. The van der Waals surface area contributed by atoms with Crippen LogP contribution in [0.4, 0.5) is 13.2 Å². The zero-order valence-electron chi connectivity index (χ0n) is 14.4. The van der Waals surface area contributed by atoms with Crippen molar-refractivity contribution in [3.8, 4) is 0 Å². The van der Waals surface area contributed by atoms with E-state index in [9.17, 15) is 23.1 Å². The number of aryl methyl sites for hydroxylation is 1. The predicted molar refractivity (Wildman–Crippen MR) is 89.2 cm³/mol. The van der Waals surface area contributed by atoms with Crippen LogP contribution in [-0.4, -0.2) is 33.6 Å². The molecule has 0 saturated carbocycles. The number of carbonyl (C=O) groups excluding carboxylic acids is 1. The zero-order chi connectivity index (χ0) is 18.7. The average Bonchev–Trinajstić information content (AvgIpc) is 2.89. The lowest BCUT2D eigenvalue weighted by Crippen LogP contribution is -2.56. The second-order valence-electron chi connectivity index (χ2n) is 6.45. The molecule has 1 aliphatic rings. The Morgan fingerprint density at radius 2 is 2.04 bits per heavy atom. The van der Waals surface area contributed by atoms with E-state index in [2.05, 4.69) is 5.10 Å². The first-order valence-electron chi connectivity index (χ1n) is 8.45. The van der Waals surface area contributed by atoms with Crippen molar-refractivity contribution in [3.63, 3.8) is 0 Å². The standard InChI is InChI=1S/C18H23F3N2O2/c1-3-4-5-6-10-15-12-17(25,18(19,20)21)23(22-15)16(24)14-9-7-8-13(2)11-14/h7-9,11,25H,3-6,10,12H2,1-2H3/t17-/m1/s1. The molecule has 1 aliphatic heterocycles. The molecule has 0 fully saturated rings. The lowest BCUT2D eigenvalue weighted by atomic mass is 10.0. The molecule has 1 atom stereocenters. The quantitative estimate of drug-likeness (QED) is 0.767. The highest BCUT2D eigenvalue weighted by molar-refractivity contribution is 5.98. The first kappa shape index (κ1) is 19.4. The number of nitrogens with zero attached hydrogens (tertiary/aromatic N) is 2. The third-order valence-corrected chi connectivity index (χ3v) is 4.27. The second-order valence-corrected chi connectivity index (χ2v) is 6.45. The van der Waals surface area contributed by atoms with Gasteiger partial charge in [-0.05, 0) is 31.9 Å². The van der Waals surface area contributed by atoms with E-state index in [1.54, 1.807) is 19.1 Å². The van der Waals surface area contributed by atoms with Gasteiger partial charge in [0.1, 0.15) is 0 Å². The van der Waals surface area contributed by atoms with Gasteiger partial charge in [0, 0.05) is 17.7 Å². The maximum Gasteiger partial charge on any atom is 0.438 e. The van der Waals surface area contributed by atoms with E-state index in [0.717, 1.165) is 24.8 Å². The Morgan fingerprint density at radius 3 is 2.64 bits per heavy atom. The van der Waals surface area contributed by atoms with E-state index in [4.69, 9.17) is 0 Å². The van der Waals surface area contributed by atoms with Gasteiger partial charge in [-0.1, -0.05) is 43.9 Å². The highest BCUT2D eigenvalue weighted by Gasteiger charge is 2.63. The molecule has 0 radical (unpaired) electrons. The smallest absolute Gasteiger partial charge is 0.362 e. The minimum absolute atomic E-state index is 0.0682. The lowest BCUT2D eigenvalue weighted by Gasteiger charge is -2.32.